The average Bonchev–Trinajstić information content (AvgIpc) is 3.02. The molecule has 0 aliphatic carbocycles. The minimum atomic E-state index is -3.68. The molecule has 1 heterocycles. The Morgan fingerprint density at radius 1 is 0.781 bits per heavy atom. The van der Waals surface area contributed by atoms with E-state index in [1.165, 1.54) is 6.07 Å². The number of imide groups is 1. The predicted molar refractivity (Wildman–Crippen MR) is 125 cm³/mol. The molecule has 1 aliphatic rings. The van der Waals surface area contributed by atoms with E-state index in [0.717, 1.165) is 27.2 Å². The van der Waals surface area contributed by atoms with Gasteiger partial charge < -0.3 is 0 Å². The second kappa shape index (κ2) is 8.55. The van der Waals surface area contributed by atoms with E-state index in [-0.39, 0.29) is 17.2 Å². The third-order valence-corrected chi connectivity index (χ3v) is 7.36. The van der Waals surface area contributed by atoms with E-state index in [0.29, 0.717) is 11.1 Å². The molecule has 0 bridgehead atoms. The zero-order valence-corrected chi connectivity index (χ0v) is 18.7. The predicted octanol–water partition coefficient (Wildman–Crippen LogP) is 4.54. The SMILES string of the molecule is Cc1cccc(C)c1/C=C/c1cccc(S(=O)(=O)CCN2C(=O)c3ccccc3C2=O)c1. The van der Waals surface area contributed by atoms with Crippen molar-refractivity contribution in [2.75, 3.05) is 12.3 Å². The van der Waals surface area contributed by atoms with Crippen LogP contribution in [0.2, 0.25) is 0 Å². The minimum absolute atomic E-state index is 0.165. The summed E-state index contributed by atoms with van der Waals surface area (Å²) in [4.78, 5) is 26.2. The fraction of sp³-hybridized carbons (Fsp3) is 0.154. The molecular formula is C26H23NO4S. The topological polar surface area (TPSA) is 71.5 Å². The van der Waals surface area contributed by atoms with E-state index < -0.39 is 21.7 Å². The summed E-state index contributed by atoms with van der Waals surface area (Å²) in [6.07, 6.45) is 3.87. The molecule has 0 unspecified atom stereocenters. The number of carbonyl (C=O) groups excluding carboxylic acids is 2. The van der Waals surface area contributed by atoms with E-state index in [4.69, 9.17) is 0 Å². The van der Waals surface area contributed by atoms with Crippen molar-refractivity contribution in [3.63, 3.8) is 0 Å². The highest BCUT2D eigenvalue weighted by Gasteiger charge is 2.35. The Hall–Kier alpha value is -3.51. The molecule has 0 spiro atoms. The summed E-state index contributed by atoms with van der Waals surface area (Å²) >= 11 is 0. The quantitative estimate of drug-likeness (QED) is 0.412. The molecule has 0 atom stereocenters. The zero-order chi connectivity index (χ0) is 22.9. The lowest BCUT2D eigenvalue weighted by Crippen LogP contribution is -2.34. The first-order valence-electron chi connectivity index (χ1n) is 10.3. The molecule has 0 saturated heterocycles. The number of carbonyl (C=O) groups is 2. The van der Waals surface area contributed by atoms with Gasteiger partial charge in [0.05, 0.1) is 21.8 Å². The van der Waals surface area contributed by atoms with Gasteiger partial charge in [0.1, 0.15) is 0 Å². The monoisotopic (exact) mass is 445 g/mol. The second-order valence-electron chi connectivity index (χ2n) is 7.84. The van der Waals surface area contributed by atoms with Crippen molar-refractivity contribution < 1.29 is 18.0 Å². The van der Waals surface area contributed by atoms with Gasteiger partial charge in [-0.25, -0.2) is 8.42 Å². The Morgan fingerprint density at radius 3 is 2.00 bits per heavy atom. The summed E-state index contributed by atoms with van der Waals surface area (Å²) in [5.74, 6) is -1.24. The molecule has 6 heteroatoms. The van der Waals surface area contributed by atoms with Crippen LogP contribution in [0.1, 0.15) is 43.0 Å². The molecule has 32 heavy (non-hydrogen) atoms. The molecule has 1 aliphatic heterocycles. The van der Waals surface area contributed by atoms with Crippen LogP contribution in [0.25, 0.3) is 12.2 Å². The number of amides is 2. The van der Waals surface area contributed by atoms with Crippen LogP contribution in [0.15, 0.2) is 71.6 Å². The van der Waals surface area contributed by atoms with Crippen molar-refractivity contribution in [3.8, 4) is 0 Å². The van der Waals surface area contributed by atoms with Crippen molar-refractivity contribution in [3.05, 3.63) is 100 Å². The first-order chi connectivity index (χ1) is 15.3. The van der Waals surface area contributed by atoms with Crippen LogP contribution in [0.4, 0.5) is 0 Å². The van der Waals surface area contributed by atoms with Gasteiger partial charge in [0, 0.05) is 6.54 Å². The third kappa shape index (κ3) is 4.14. The molecule has 0 radical (unpaired) electrons. The molecule has 3 aromatic rings. The lowest BCUT2D eigenvalue weighted by Gasteiger charge is -2.14. The highest BCUT2D eigenvalue weighted by Crippen LogP contribution is 2.23. The highest BCUT2D eigenvalue weighted by atomic mass is 32.2. The minimum Gasteiger partial charge on any atom is -0.273 e. The maximum atomic E-state index is 12.9. The van der Waals surface area contributed by atoms with Gasteiger partial charge >= 0.3 is 0 Å². The van der Waals surface area contributed by atoms with Gasteiger partial charge in [0.2, 0.25) is 0 Å². The third-order valence-electron chi connectivity index (χ3n) is 5.66. The van der Waals surface area contributed by atoms with E-state index in [9.17, 15) is 18.0 Å². The summed E-state index contributed by atoms with van der Waals surface area (Å²) in [5.41, 5.74) is 4.78. The lowest BCUT2D eigenvalue weighted by molar-refractivity contribution is 0.0664. The van der Waals surface area contributed by atoms with Gasteiger partial charge in [-0.3, -0.25) is 14.5 Å². The molecule has 0 aromatic heterocycles. The fourth-order valence-electron chi connectivity index (χ4n) is 3.85. The Bertz CT molecular complexity index is 1300. The zero-order valence-electron chi connectivity index (χ0n) is 17.9. The van der Waals surface area contributed by atoms with E-state index in [1.807, 2.05) is 50.3 Å². The second-order valence-corrected chi connectivity index (χ2v) is 9.95. The van der Waals surface area contributed by atoms with Gasteiger partial charge in [-0.15, -0.1) is 0 Å². The van der Waals surface area contributed by atoms with Crippen molar-refractivity contribution >= 4 is 33.8 Å². The maximum Gasteiger partial charge on any atom is 0.261 e. The summed E-state index contributed by atoms with van der Waals surface area (Å²) in [5, 5.41) is 0. The Morgan fingerprint density at radius 2 is 1.38 bits per heavy atom. The molecule has 0 N–H and O–H groups in total. The van der Waals surface area contributed by atoms with Gasteiger partial charge in [-0.2, -0.15) is 0 Å². The highest BCUT2D eigenvalue weighted by molar-refractivity contribution is 7.91. The van der Waals surface area contributed by atoms with Gasteiger partial charge in [-0.05, 0) is 60.4 Å². The number of benzene rings is 3. The van der Waals surface area contributed by atoms with Crippen molar-refractivity contribution in [2.45, 2.75) is 18.7 Å². The summed E-state index contributed by atoms with van der Waals surface area (Å²) in [6.45, 7) is 3.89. The van der Waals surface area contributed by atoms with Crippen molar-refractivity contribution in [1.82, 2.24) is 4.90 Å². The number of aryl methyl sites for hydroxylation is 2. The largest absolute Gasteiger partial charge is 0.273 e. The number of hydrogen-bond acceptors (Lipinski definition) is 4. The number of nitrogens with zero attached hydrogens (tertiary/aromatic N) is 1. The van der Waals surface area contributed by atoms with Crippen LogP contribution in [0, 0.1) is 13.8 Å². The maximum absolute atomic E-state index is 12.9. The standard InChI is InChI=1S/C26H23NO4S/c1-18-7-5-8-19(2)22(18)14-13-20-9-6-10-21(17-20)32(30,31)16-15-27-25(28)23-11-3-4-12-24(23)26(27)29/h3-14,17H,15-16H2,1-2H3/b14-13+. The fourth-order valence-corrected chi connectivity index (χ4v) is 5.11. The first-order valence-corrected chi connectivity index (χ1v) is 12.0. The molecule has 0 saturated carbocycles. The Kier molecular flexibility index (Phi) is 5.80. The molecular weight excluding hydrogens is 422 g/mol. The Labute approximate surface area is 187 Å². The van der Waals surface area contributed by atoms with Gasteiger partial charge in [0.25, 0.3) is 11.8 Å². The summed E-state index contributed by atoms with van der Waals surface area (Å²) < 4.78 is 25.9. The number of sulfone groups is 1. The number of rotatable bonds is 6. The summed E-state index contributed by atoms with van der Waals surface area (Å²) in [6, 6.07) is 19.3. The molecule has 5 nitrogen and oxygen atoms in total. The van der Waals surface area contributed by atoms with Crippen LogP contribution in [0.3, 0.4) is 0 Å². The number of fused-ring (bicyclic) bond motifs is 1. The normalized spacial score (nSPS) is 13.8. The van der Waals surface area contributed by atoms with Crippen molar-refractivity contribution in [2.24, 2.45) is 0 Å². The molecule has 0 fully saturated rings. The molecule has 3 aromatic carbocycles. The van der Waals surface area contributed by atoms with Crippen LogP contribution < -0.4 is 0 Å². The van der Waals surface area contributed by atoms with Gasteiger partial charge in [0.15, 0.2) is 9.84 Å². The van der Waals surface area contributed by atoms with E-state index in [1.54, 1.807) is 36.4 Å². The van der Waals surface area contributed by atoms with Crippen LogP contribution in [-0.2, 0) is 9.84 Å². The molecule has 162 valence electrons. The van der Waals surface area contributed by atoms with Crippen LogP contribution >= 0.6 is 0 Å². The Balaban J connectivity index is 1.51. The summed E-state index contributed by atoms with van der Waals surface area (Å²) in [7, 11) is -3.68. The van der Waals surface area contributed by atoms with Crippen LogP contribution in [-0.4, -0.2) is 37.4 Å². The van der Waals surface area contributed by atoms with Gasteiger partial charge in [-0.1, -0.05) is 54.6 Å². The average molecular weight is 446 g/mol. The number of hydrogen-bond donors (Lipinski definition) is 0. The lowest BCUT2D eigenvalue weighted by atomic mass is 10.0. The van der Waals surface area contributed by atoms with Crippen LogP contribution in [0.5, 0.6) is 0 Å². The first kappa shape index (κ1) is 21.7. The van der Waals surface area contributed by atoms with E-state index >= 15 is 0 Å². The van der Waals surface area contributed by atoms with Crippen molar-refractivity contribution in [1.29, 1.82) is 0 Å². The van der Waals surface area contributed by atoms with E-state index in [2.05, 4.69) is 0 Å². The molecule has 2 amide bonds. The smallest absolute Gasteiger partial charge is 0.261 e. The molecule has 4 rings (SSSR count).